The molecular weight excluding hydrogens is 80.0 g/mol. The van der Waals surface area contributed by atoms with Crippen molar-refractivity contribution in [1.82, 2.24) is 0 Å². The first kappa shape index (κ1) is 5.66. The van der Waals surface area contributed by atoms with Crippen molar-refractivity contribution in [2.75, 3.05) is 6.61 Å². The fourth-order valence-corrected chi connectivity index (χ4v) is 0.0645. The van der Waals surface area contributed by atoms with Gasteiger partial charge in [0.2, 0.25) is 0 Å². The summed E-state index contributed by atoms with van der Waals surface area (Å²) in [5, 5.41) is 16.2. The maximum Gasteiger partial charge on any atom is 0.102 e. The average Bonchev–Trinajstić information content (AvgIpc) is 1.65. The molecule has 0 bridgehead atoms. The molecule has 1 atom stereocenters. The molecule has 0 heterocycles. The summed E-state index contributed by atoms with van der Waals surface area (Å²) < 4.78 is 0. The van der Waals surface area contributed by atoms with Crippen LogP contribution in [0.1, 0.15) is 0 Å². The normalized spacial score (nSPS) is 13.7. The molecule has 35 valence electrons. The van der Waals surface area contributed by atoms with Crippen LogP contribution in [-0.2, 0) is 0 Å². The van der Waals surface area contributed by atoms with Gasteiger partial charge in [0.1, 0.15) is 6.10 Å². The minimum Gasteiger partial charge on any atom is -0.393 e. The number of rotatable bonds is 2. The van der Waals surface area contributed by atoms with E-state index in [9.17, 15) is 0 Å². The van der Waals surface area contributed by atoms with E-state index in [1.807, 2.05) is 0 Å². The molecule has 6 heavy (non-hydrogen) atoms. The Morgan fingerprint density at radius 2 is 2.33 bits per heavy atom. The number of hydrogen-bond donors (Lipinski definition) is 2. The maximum atomic E-state index is 8.24. The number of aliphatic hydroxyl groups excluding tert-OH is 2. The minimum absolute atomic E-state index is 0.288. The van der Waals surface area contributed by atoms with Crippen molar-refractivity contribution in [3.8, 4) is 0 Å². The van der Waals surface area contributed by atoms with E-state index >= 15 is 0 Å². The number of hydrogen-bond acceptors (Lipinski definition) is 2. The molecule has 0 rings (SSSR count). The fraction of sp³-hybridized carbons (Fsp3) is 0.500. The monoisotopic (exact) mass is 87.0 g/mol. The SMILES string of the molecule is C=[C][C@H](O)CO. The largest absolute Gasteiger partial charge is 0.393 e. The molecule has 2 N–H and O–H groups in total. The predicted molar refractivity (Wildman–Crippen MR) is 22.0 cm³/mol. The molecule has 0 aliphatic heterocycles. The standard InChI is InChI=1S/C4H7O2/c1-2-4(6)3-5/h4-6H,1,3H2/t4-/m0/s1. The lowest BCUT2D eigenvalue weighted by atomic mass is 10.4. The molecule has 0 aromatic rings. The third kappa shape index (κ3) is 1.93. The van der Waals surface area contributed by atoms with Crippen molar-refractivity contribution in [1.29, 1.82) is 0 Å². The van der Waals surface area contributed by atoms with Gasteiger partial charge in [-0.1, -0.05) is 6.58 Å². The summed E-state index contributed by atoms with van der Waals surface area (Å²) in [4.78, 5) is 0. The summed E-state index contributed by atoms with van der Waals surface area (Å²) in [5.41, 5.74) is 0. The fourth-order valence-electron chi connectivity index (χ4n) is 0.0645. The first-order chi connectivity index (χ1) is 2.81. The van der Waals surface area contributed by atoms with Crippen LogP contribution in [-0.4, -0.2) is 22.9 Å². The lowest BCUT2D eigenvalue weighted by Gasteiger charge is -1.92. The summed E-state index contributed by atoms with van der Waals surface area (Å²) in [6.07, 6.45) is 1.30. The van der Waals surface area contributed by atoms with E-state index in [1.165, 1.54) is 0 Å². The van der Waals surface area contributed by atoms with Gasteiger partial charge in [0.15, 0.2) is 0 Å². The topological polar surface area (TPSA) is 40.5 Å². The van der Waals surface area contributed by atoms with Gasteiger partial charge < -0.3 is 10.2 Å². The maximum absolute atomic E-state index is 8.24. The Kier molecular flexibility index (Phi) is 2.71. The number of aliphatic hydroxyl groups is 2. The Labute approximate surface area is 36.7 Å². The van der Waals surface area contributed by atoms with E-state index in [4.69, 9.17) is 10.2 Å². The lowest BCUT2D eigenvalue weighted by Crippen LogP contribution is -2.06. The van der Waals surface area contributed by atoms with Gasteiger partial charge in [-0.15, -0.1) is 0 Å². The zero-order chi connectivity index (χ0) is 4.99. The molecule has 0 saturated heterocycles. The molecule has 0 saturated carbocycles. The molecule has 0 aliphatic carbocycles. The van der Waals surface area contributed by atoms with Crippen LogP contribution in [0.4, 0.5) is 0 Å². The highest BCUT2D eigenvalue weighted by molar-refractivity contribution is 4.65. The first-order valence-corrected chi connectivity index (χ1v) is 1.62. The summed E-state index contributed by atoms with van der Waals surface area (Å²) in [6.45, 7) is 2.81. The molecule has 0 amide bonds. The molecular formula is C4H7O2. The van der Waals surface area contributed by atoms with Crippen LogP contribution in [0.5, 0.6) is 0 Å². The van der Waals surface area contributed by atoms with E-state index in [1.54, 1.807) is 0 Å². The van der Waals surface area contributed by atoms with Crippen molar-refractivity contribution in [3.63, 3.8) is 0 Å². The molecule has 0 spiro atoms. The van der Waals surface area contributed by atoms with Gasteiger partial charge in [-0.05, 0) is 6.08 Å². The Hall–Kier alpha value is -0.340. The molecule has 2 heteroatoms. The van der Waals surface area contributed by atoms with Gasteiger partial charge in [-0.3, -0.25) is 0 Å². The van der Waals surface area contributed by atoms with Crippen LogP contribution < -0.4 is 0 Å². The second-order valence-corrected chi connectivity index (χ2v) is 0.902. The summed E-state index contributed by atoms with van der Waals surface area (Å²) in [5.74, 6) is 0. The van der Waals surface area contributed by atoms with E-state index in [0.29, 0.717) is 0 Å². The van der Waals surface area contributed by atoms with Crippen LogP contribution in [0.3, 0.4) is 0 Å². The van der Waals surface area contributed by atoms with E-state index < -0.39 is 6.10 Å². The van der Waals surface area contributed by atoms with Gasteiger partial charge in [0.05, 0.1) is 6.61 Å². The summed E-state index contributed by atoms with van der Waals surface area (Å²) in [7, 11) is 0. The predicted octanol–water partition coefficient (Wildman–Crippen LogP) is -0.671. The Morgan fingerprint density at radius 1 is 1.83 bits per heavy atom. The lowest BCUT2D eigenvalue weighted by molar-refractivity contribution is 0.126. The Bertz CT molecular complexity index is 42.8. The molecule has 1 radical (unpaired) electrons. The van der Waals surface area contributed by atoms with E-state index in [-0.39, 0.29) is 6.61 Å². The van der Waals surface area contributed by atoms with Crippen molar-refractivity contribution in [3.05, 3.63) is 12.7 Å². The van der Waals surface area contributed by atoms with Crippen LogP contribution in [0.15, 0.2) is 6.58 Å². The first-order valence-electron chi connectivity index (χ1n) is 1.62. The Balaban J connectivity index is 2.96. The van der Waals surface area contributed by atoms with E-state index in [2.05, 4.69) is 12.7 Å². The molecule has 0 unspecified atom stereocenters. The molecule has 0 fully saturated rings. The zero-order valence-electron chi connectivity index (χ0n) is 3.39. The van der Waals surface area contributed by atoms with Crippen molar-refractivity contribution < 1.29 is 10.2 Å². The second-order valence-electron chi connectivity index (χ2n) is 0.902. The van der Waals surface area contributed by atoms with Crippen LogP contribution in [0.25, 0.3) is 0 Å². The quantitative estimate of drug-likeness (QED) is 0.469. The third-order valence-corrected chi connectivity index (χ3v) is 0.409. The van der Waals surface area contributed by atoms with Crippen LogP contribution in [0.2, 0.25) is 0 Å². The molecule has 0 aliphatic rings. The molecule has 0 aromatic heterocycles. The molecule has 2 nitrogen and oxygen atoms in total. The van der Waals surface area contributed by atoms with Crippen molar-refractivity contribution in [2.45, 2.75) is 6.10 Å². The van der Waals surface area contributed by atoms with E-state index in [0.717, 1.165) is 0 Å². The van der Waals surface area contributed by atoms with Crippen LogP contribution >= 0.6 is 0 Å². The third-order valence-electron chi connectivity index (χ3n) is 0.409. The molecule has 0 aromatic carbocycles. The highest BCUT2D eigenvalue weighted by Gasteiger charge is 1.88. The average molecular weight is 87.1 g/mol. The summed E-state index contributed by atoms with van der Waals surface area (Å²) >= 11 is 0. The second kappa shape index (κ2) is 2.87. The highest BCUT2D eigenvalue weighted by Crippen LogP contribution is 1.73. The summed E-state index contributed by atoms with van der Waals surface area (Å²) in [6, 6.07) is 0. The smallest absolute Gasteiger partial charge is 0.102 e. The highest BCUT2D eigenvalue weighted by atomic mass is 16.3. The Morgan fingerprint density at radius 3 is 2.33 bits per heavy atom. The van der Waals surface area contributed by atoms with Gasteiger partial charge in [0, 0.05) is 0 Å². The van der Waals surface area contributed by atoms with Crippen molar-refractivity contribution in [2.24, 2.45) is 0 Å². The van der Waals surface area contributed by atoms with Gasteiger partial charge >= 0.3 is 0 Å². The zero-order valence-corrected chi connectivity index (χ0v) is 3.39. The van der Waals surface area contributed by atoms with Gasteiger partial charge in [-0.2, -0.15) is 0 Å². The van der Waals surface area contributed by atoms with Crippen molar-refractivity contribution >= 4 is 0 Å². The van der Waals surface area contributed by atoms with Gasteiger partial charge in [0.25, 0.3) is 0 Å². The minimum atomic E-state index is -0.870. The van der Waals surface area contributed by atoms with Crippen LogP contribution in [0, 0.1) is 6.08 Å². The van der Waals surface area contributed by atoms with Gasteiger partial charge in [-0.25, -0.2) is 0 Å².